The highest BCUT2D eigenvalue weighted by atomic mass is 19.2. The molecule has 0 aliphatic carbocycles. The van der Waals surface area contributed by atoms with E-state index in [1.165, 1.54) is 18.3 Å². The zero-order valence-corrected chi connectivity index (χ0v) is 14.2. The van der Waals surface area contributed by atoms with E-state index in [1.807, 2.05) is 6.92 Å². The van der Waals surface area contributed by atoms with Crippen molar-refractivity contribution < 1.29 is 23.0 Å². The third-order valence-corrected chi connectivity index (χ3v) is 3.80. The zero-order valence-electron chi connectivity index (χ0n) is 14.2. The Kier molecular flexibility index (Phi) is 5.41. The van der Waals surface area contributed by atoms with Gasteiger partial charge < -0.3 is 9.47 Å². The van der Waals surface area contributed by atoms with Crippen LogP contribution in [-0.2, 0) is 4.74 Å². The minimum atomic E-state index is -1.05. The fourth-order valence-electron chi connectivity index (χ4n) is 2.45. The Labute approximate surface area is 149 Å². The summed E-state index contributed by atoms with van der Waals surface area (Å²) >= 11 is 0. The summed E-state index contributed by atoms with van der Waals surface area (Å²) in [5.41, 5.74) is 0.210. The van der Waals surface area contributed by atoms with Crippen LogP contribution in [0, 0.1) is 11.6 Å². The minimum absolute atomic E-state index is 0.210. The Morgan fingerprint density at radius 3 is 2.81 bits per heavy atom. The molecule has 0 bridgehead atoms. The fraction of sp³-hybridized carbons (Fsp3) is 0.200. The first-order valence-corrected chi connectivity index (χ1v) is 8.28. The van der Waals surface area contributed by atoms with Crippen molar-refractivity contribution in [2.24, 2.45) is 0 Å². The molecule has 134 valence electrons. The Hall–Kier alpha value is -3.02. The highest BCUT2D eigenvalue weighted by Crippen LogP contribution is 2.29. The summed E-state index contributed by atoms with van der Waals surface area (Å²) in [4.78, 5) is 16.3. The fourth-order valence-corrected chi connectivity index (χ4v) is 2.45. The summed E-state index contributed by atoms with van der Waals surface area (Å²) in [5, 5.41) is 1.28. The number of carbonyl (C=O) groups is 1. The monoisotopic (exact) mass is 357 g/mol. The highest BCUT2D eigenvalue weighted by molar-refractivity contribution is 6.02. The van der Waals surface area contributed by atoms with Crippen LogP contribution in [0.4, 0.5) is 8.78 Å². The van der Waals surface area contributed by atoms with E-state index >= 15 is 0 Å². The summed E-state index contributed by atoms with van der Waals surface area (Å²) in [5.74, 6) is -2.42. The highest BCUT2D eigenvalue weighted by Gasteiger charge is 2.14. The Morgan fingerprint density at radius 1 is 1.15 bits per heavy atom. The molecule has 0 saturated heterocycles. The number of fused-ring (bicyclic) bond motifs is 1. The predicted octanol–water partition coefficient (Wildman–Crippen LogP) is 5.26. The van der Waals surface area contributed by atoms with Crippen LogP contribution in [0.2, 0.25) is 0 Å². The number of hydrogen-bond acceptors (Lipinski definition) is 4. The maximum Gasteiger partial charge on any atom is 0.357 e. The summed E-state index contributed by atoms with van der Waals surface area (Å²) in [7, 11) is 0. The average Bonchev–Trinajstić information content (AvgIpc) is 2.65. The van der Waals surface area contributed by atoms with Gasteiger partial charge in [-0.2, -0.15) is 4.39 Å². The maximum atomic E-state index is 13.7. The van der Waals surface area contributed by atoms with E-state index in [1.54, 1.807) is 24.3 Å². The third kappa shape index (κ3) is 3.79. The molecule has 3 aromatic rings. The first-order valence-electron chi connectivity index (χ1n) is 8.28. The van der Waals surface area contributed by atoms with Gasteiger partial charge in [-0.15, -0.1) is 0 Å². The van der Waals surface area contributed by atoms with Gasteiger partial charge in [-0.05, 0) is 48.2 Å². The standard InChI is InChI=1S/C20H17F2NO3/c1-2-3-11-25-20(24)19-15-8-7-14(12-13(15)9-10-23-19)26-17-6-4-5-16(21)18(17)22/h4-10,12H,2-3,11H2,1H3. The van der Waals surface area contributed by atoms with E-state index in [9.17, 15) is 13.6 Å². The van der Waals surface area contributed by atoms with E-state index in [4.69, 9.17) is 9.47 Å². The van der Waals surface area contributed by atoms with Gasteiger partial charge in [0.15, 0.2) is 17.3 Å². The number of halogens is 2. The zero-order chi connectivity index (χ0) is 18.5. The molecule has 0 unspecified atom stereocenters. The Bertz CT molecular complexity index is 943. The van der Waals surface area contributed by atoms with Crippen LogP contribution in [-0.4, -0.2) is 17.6 Å². The normalized spacial score (nSPS) is 10.7. The van der Waals surface area contributed by atoms with E-state index in [0.717, 1.165) is 18.9 Å². The van der Waals surface area contributed by atoms with Gasteiger partial charge in [-0.3, -0.25) is 0 Å². The van der Waals surface area contributed by atoms with Crippen molar-refractivity contribution in [1.82, 2.24) is 4.98 Å². The average molecular weight is 357 g/mol. The molecule has 0 fully saturated rings. The number of ether oxygens (including phenoxy) is 2. The second-order valence-electron chi connectivity index (χ2n) is 5.69. The number of carbonyl (C=O) groups excluding carboxylic acids is 1. The predicted molar refractivity (Wildman–Crippen MR) is 93.4 cm³/mol. The van der Waals surface area contributed by atoms with Crippen molar-refractivity contribution in [2.75, 3.05) is 6.61 Å². The molecule has 1 heterocycles. The van der Waals surface area contributed by atoms with Gasteiger partial charge in [0.05, 0.1) is 6.61 Å². The number of hydrogen-bond donors (Lipinski definition) is 0. The summed E-state index contributed by atoms with van der Waals surface area (Å²) in [6, 6.07) is 10.3. The van der Waals surface area contributed by atoms with Gasteiger partial charge in [0.1, 0.15) is 5.75 Å². The largest absolute Gasteiger partial charge is 0.461 e. The van der Waals surface area contributed by atoms with E-state index in [0.29, 0.717) is 23.1 Å². The van der Waals surface area contributed by atoms with Gasteiger partial charge in [0.2, 0.25) is 5.82 Å². The lowest BCUT2D eigenvalue weighted by atomic mass is 10.1. The number of rotatable bonds is 6. The van der Waals surface area contributed by atoms with Crippen LogP contribution in [0.5, 0.6) is 11.5 Å². The van der Waals surface area contributed by atoms with Crippen molar-refractivity contribution in [1.29, 1.82) is 0 Å². The van der Waals surface area contributed by atoms with Gasteiger partial charge >= 0.3 is 5.97 Å². The van der Waals surface area contributed by atoms with E-state index in [2.05, 4.69) is 4.98 Å². The molecule has 4 nitrogen and oxygen atoms in total. The number of nitrogens with zero attached hydrogens (tertiary/aromatic N) is 1. The van der Waals surface area contributed by atoms with E-state index in [-0.39, 0.29) is 11.4 Å². The molecule has 3 rings (SSSR count). The summed E-state index contributed by atoms with van der Waals surface area (Å²) in [6.45, 7) is 2.35. The van der Waals surface area contributed by atoms with Crippen LogP contribution in [0.25, 0.3) is 10.8 Å². The second-order valence-corrected chi connectivity index (χ2v) is 5.69. The van der Waals surface area contributed by atoms with Crippen LogP contribution in [0.15, 0.2) is 48.7 Å². The molecule has 0 atom stereocenters. The summed E-state index contributed by atoms with van der Waals surface area (Å²) in [6.07, 6.45) is 3.20. The SMILES string of the molecule is CCCCOC(=O)c1nccc2cc(Oc3cccc(F)c3F)ccc12. The van der Waals surface area contributed by atoms with Crippen LogP contribution in [0.3, 0.4) is 0 Å². The molecule has 0 aliphatic rings. The molecule has 0 amide bonds. The van der Waals surface area contributed by atoms with Crippen molar-refractivity contribution in [3.63, 3.8) is 0 Å². The molecule has 2 aromatic carbocycles. The van der Waals surface area contributed by atoms with Crippen molar-refractivity contribution in [3.05, 3.63) is 66.0 Å². The molecule has 26 heavy (non-hydrogen) atoms. The molecule has 0 aliphatic heterocycles. The lowest BCUT2D eigenvalue weighted by molar-refractivity contribution is 0.0495. The molecule has 0 radical (unpaired) electrons. The quantitative estimate of drug-likeness (QED) is 0.446. The molecular formula is C20H17F2NO3. The lowest BCUT2D eigenvalue weighted by Crippen LogP contribution is -2.09. The van der Waals surface area contributed by atoms with Gasteiger partial charge in [-0.1, -0.05) is 19.4 Å². The first-order chi connectivity index (χ1) is 12.6. The number of esters is 1. The maximum absolute atomic E-state index is 13.7. The van der Waals surface area contributed by atoms with Gasteiger partial charge in [0, 0.05) is 11.6 Å². The first kappa shape index (κ1) is 17.8. The molecule has 0 spiro atoms. The lowest BCUT2D eigenvalue weighted by Gasteiger charge is -2.10. The second kappa shape index (κ2) is 7.91. The number of pyridine rings is 1. The Morgan fingerprint density at radius 2 is 2.00 bits per heavy atom. The number of benzene rings is 2. The molecule has 6 heteroatoms. The van der Waals surface area contributed by atoms with Crippen molar-refractivity contribution in [3.8, 4) is 11.5 Å². The van der Waals surface area contributed by atoms with Crippen LogP contribution < -0.4 is 4.74 Å². The molecular weight excluding hydrogens is 340 g/mol. The van der Waals surface area contributed by atoms with Gasteiger partial charge in [0.25, 0.3) is 0 Å². The topological polar surface area (TPSA) is 48.4 Å². The van der Waals surface area contributed by atoms with Crippen molar-refractivity contribution in [2.45, 2.75) is 19.8 Å². The number of aromatic nitrogens is 1. The molecule has 0 saturated carbocycles. The minimum Gasteiger partial charge on any atom is -0.461 e. The van der Waals surface area contributed by atoms with Crippen LogP contribution in [0.1, 0.15) is 30.3 Å². The van der Waals surface area contributed by atoms with E-state index < -0.39 is 17.6 Å². The number of unbranched alkanes of at least 4 members (excludes halogenated alkanes) is 1. The summed E-state index contributed by atoms with van der Waals surface area (Å²) < 4.78 is 37.7. The molecule has 1 aromatic heterocycles. The molecule has 0 N–H and O–H groups in total. The third-order valence-electron chi connectivity index (χ3n) is 3.80. The van der Waals surface area contributed by atoms with Gasteiger partial charge in [-0.25, -0.2) is 14.2 Å². The smallest absolute Gasteiger partial charge is 0.357 e. The van der Waals surface area contributed by atoms with Crippen molar-refractivity contribution >= 4 is 16.7 Å². The Balaban J connectivity index is 1.88. The van der Waals surface area contributed by atoms with Crippen LogP contribution >= 0.6 is 0 Å².